The summed E-state index contributed by atoms with van der Waals surface area (Å²) in [5.74, 6) is 0. The Bertz CT molecular complexity index is 1590. The van der Waals surface area contributed by atoms with Crippen LogP contribution in [0.2, 0.25) is 0 Å². The van der Waals surface area contributed by atoms with Gasteiger partial charge in [-0.1, -0.05) is 61.7 Å². The molecule has 0 saturated heterocycles. The van der Waals surface area contributed by atoms with Gasteiger partial charge in [-0.15, -0.1) is 10.2 Å². The van der Waals surface area contributed by atoms with Gasteiger partial charge in [-0.25, -0.2) is 0 Å². The summed E-state index contributed by atoms with van der Waals surface area (Å²) in [7, 11) is 0. The van der Waals surface area contributed by atoms with Crippen LogP contribution in [0.3, 0.4) is 0 Å². The van der Waals surface area contributed by atoms with Crippen LogP contribution in [0.15, 0.2) is 105 Å². The van der Waals surface area contributed by atoms with E-state index in [2.05, 4.69) is 71.9 Å². The summed E-state index contributed by atoms with van der Waals surface area (Å²) in [6.07, 6.45) is 17.7. The van der Waals surface area contributed by atoms with Crippen molar-refractivity contribution < 1.29 is 0 Å². The first-order valence-corrected chi connectivity index (χ1v) is 11.7. The second kappa shape index (κ2) is 8.96. The van der Waals surface area contributed by atoms with Crippen LogP contribution < -0.4 is 0 Å². The largest absolute Gasteiger partial charge is 0.324 e. The summed E-state index contributed by atoms with van der Waals surface area (Å²) in [5, 5.41) is 8.87. The summed E-state index contributed by atoms with van der Waals surface area (Å²) in [5.41, 5.74) is 9.85. The Morgan fingerprint density at radius 2 is 1.25 bits per heavy atom. The zero-order chi connectivity index (χ0) is 24.5. The van der Waals surface area contributed by atoms with Crippen molar-refractivity contribution in [2.45, 2.75) is 0 Å². The van der Waals surface area contributed by atoms with Gasteiger partial charge in [0.1, 0.15) is 5.69 Å². The van der Waals surface area contributed by atoms with Crippen LogP contribution in [0.4, 0.5) is 0 Å². The van der Waals surface area contributed by atoms with E-state index in [4.69, 9.17) is 4.98 Å². The zero-order valence-corrected chi connectivity index (χ0v) is 19.6. The van der Waals surface area contributed by atoms with Gasteiger partial charge in [-0.05, 0) is 47.6 Å². The molecule has 2 aromatic carbocycles. The lowest BCUT2D eigenvalue weighted by molar-refractivity contribution is 0.728. The summed E-state index contributed by atoms with van der Waals surface area (Å²) in [4.78, 5) is 8.71. The van der Waals surface area contributed by atoms with Gasteiger partial charge in [0.15, 0.2) is 0 Å². The molecule has 6 rings (SSSR count). The maximum Gasteiger partial charge on any atom is 0.113 e. The molecule has 0 fully saturated rings. The van der Waals surface area contributed by atoms with Crippen LogP contribution >= 0.6 is 0 Å². The van der Waals surface area contributed by atoms with Crippen molar-refractivity contribution in [2.75, 3.05) is 0 Å². The molecule has 0 aromatic heterocycles. The van der Waals surface area contributed by atoms with Crippen molar-refractivity contribution in [3.63, 3.8) is 0 Å². The molecule has 172 valence electrons. The molecule has 0 saturated carbocycles. The first-order valence-electron chi connectivity index (χ1n) is 11.7. The monoisotopic (exact) mass is 465 g/mol. The number of fused-ring (bicyclic) bond motifs is 3. The van der Waals surface area contributed by atoms with Gasteiger partial charge >= 0.3 is 0 Å². The minimum Gasteiger partial charge on any atom is -0.324 e. The standard InChI is InChI=1S/C31H23N5/c1-3-35-17-15-22-9-5-7-11-25(22)30(35)19-24-13-14-27-28(33-34-29(27)21-32-24)20-31-26-12-8-6-10-23(26)16-18-36(31)4-2/h3-21H,1-2H2/b30-19+,31-20+. The third-order valence-corrected chi connectivity index (χ3v) is 6.38. The van der Waals surface area contributed by atoms with Crippen molar-refractivity contribution in [1.29, 1.82) is 0 Å². The molecular weight excluding hydrogens is 442 g/mol. The smallest absolute Gasteiger partial charge is 0.113 e. The van der Waals surface area contributed by atoms with E-state index in [0.29, 0.717) is 0 Å². The normalized spacial score (nSPS) is 16.3. The van der Waals surface area contributed by atoms with E-state index >= 15 is 0 Å². The molecule has 0 amide bonds. The lowest BCUT2D eigenvalue weighted by Gasteiger charge is -2.25. The van der Waals surface area contributed by atoms with Gasteiger partial charge < -0.3 is 9.80 Å². The molecule has 0 spiro atoms. The molecule has 4 heterocycles. The highest BCUT2D eigenvalue weighted by molar-refractivity contribution is 5.90. The molecule has 36 heavy (non-hydrogen) atoms. The van der Waals surface area contributed by atoms with E-state index in [-0.39, 0.29) is 0 Å². The second-order valence-corrected chi connectivity index (χ2v) is 8.45. The van der Waals surface area contributed by atoms with Crippen molar-refractivity contribution in [3.05, 3.63) is 138 Å². The van der Waals surface area contributed by atoms with E-state index in [1.807, 2.05) is 58.6 Å². The van der Waals surface area contributed by atoms with Gasteiger partial charge in [0, 0.05) is 41.5 Å². The Hall–Kier alpha value is -5.03. The minimum atomic E-state index is 0.737. The number of hydrogen-bond donors (Lipinski definition) is 0. The summed E-state index contributed by atoms with van der Waals surface area (Å²) >= 11 is 0. The van der Waals surface area contributed by atoms with Crippen molar-refractivity contribution in [3.8, 4) is 11.3 Å². The number of rotatable bonds is 4. The van der Waals surface area contributed by atoms with E-state index in [9.17, 15) is 0 Å². The molecule has 0 bridgehead atoms. The van der Waals surface area contributed by atoms with E-state index in [1.165, 1.54) is 0 Å². The molecule has 0 radical (unpaired) electrons. The van der Waals surface area contributed by atoms with Gasteiger partial charge in [-0.3, -0.25) is 4.98 Å². The molecule has 0 N–H and O–H groups in total. The lowest BCUT2D eigenvalue weighted by Crippen LogP contribution is -2.12. The van der Waals surface area contributed by atoms with Gasteiger partial charge in [-0.2, -0.15) is 0 Å². The van der Waals surface area contributed by atoms with Crippen molar-refractivity contribution >= 4 is 35.7 Å². The maximum atomic E-state index is 4.71. The fraction of sp³-hybridized carbons (Fsp3) is 0. The van der Waals surface area contributed by atoms with Gasteiger partial charge in [0.05, 0.1) is 29.0 Å². The molecule has 5 nitrogen and oxygen atoms in total. The second-order valence-electron chi connectivity index (χ2n) is 8.45. The molecule has 2 aromatic rings. The van der Waals surface area contributed by atoms with E-state index < -0.39 is 0 Å². The average molecular weight is 466 g/mol. The SMILES string of the molecule is C=CN1C=Cc2ccccc2/C1=C\c1ccc2c(/C=C3\c4ccccc4C=CN3C=C)nnc-2cn1. The lowest BCUT2D eigenvalue weighted by atomic mass is 9.99. The van der Waals surface area contributed by atoms with Crippen LogP contribution in [0.5, 0.6) is 0 Å². The topological polar surface area (TPSA) is 45.2 Å². The Balaban J connectivity index is 1.43. The predicted molar refractivity (Wildman–Crippen MR) is 147 cm³/mol. The van der Waals surface area contributed by atoms with Crippen molar-refractivity contribution in [2.24, 2.45) is 0 Å². The van der Waals surface area contributed by atoms with Crippen LogP contribution in [-0.2, 0) is 0 Å². The van der Waals surface area contributed by atoms with Crippen molar-refractivity contribution in [1.82, 2.24) is 25.0 Å². The predicted octanol–water partition coefficient (Wildman–Crippen LogP) is 6.83. The maximum absolute atomic E-state index is 4.71. The fourth-order valence-corrected chi connectivity index (χ4v) is 4.56. The van der Waals surface area contributed by atoms with Gasteiger partial charge in [0.25, 0.3) is 0 Å². The highest BCUT2D eigenvalue weighted by atomic mass is 15.1. The van der Waals surface area contributed by atoms with Gasteiger partial charge in [0.2, 0.25) is 0 Å². The summed E-state index contributed by atoms with van der Waals surface area (Å²) in [6, 6.07) is 20.6. The molecule has 4 aliphatic rings. The Labute approximate surface area is 210 Å². The van der Waals surface area contributed by atoms with Crippen LogP contribution in [0, 0.1) is 0 Å². The Morgan fingerprint density at radius 3 is 1.89 bits per heavy atom. The molecule has 4 aliphatic heterocycles. The molecular formula is C31H23N5. The number of hydrogen-bond acceptors (Lipinski definition) is 5. The van der Waals surface area contributed by atoms with Crippen LogP contribution in [0.1, 0.15) is 33.6 Å². The average Bonchev–Trinajstić information content (AvgIpc) is 3.19. The highest BCUT2D eigenvalue weighted by Gasteiger charge is 2.19. The molecule has 0 atom stereocenters. The highest BCUT2D eigenvalue weighted by Crippen LogP contribution is 2.34. The number of nitrogens with zero attached hydrogens (tertiary/aromatic N) is 5. The van der Waals surface area contributed by atoms with E-state index in [1.54, 1.807) is 18.6 Å². The zero-order valence-electron chi connectivity index (χ0n) is 19.6. The first kappa shape index (κ1) is 21.5. The Kier molecular flexibility index (Phi) is 5.35. The number of benzene rings is 2. The molecule has 0 aliphatic carbocycles. The third kappa shape index (κ3) is 3.73. The molecule has 0 unspecified atom stereocenters. The summed E-state index contributed by atoms with van der Waals surface area (Å²) in [6.45, 7) is 7.94. The molecule has 5 heteroatoms. The van der Waals surface area contributed by atoms with Crippen LogP contribution in [-0.4, -0.2) is 25.0 Å². The fourth-order valence-electron chi connectivity index (χ4n) is 4.56. The number of aromatic nitrogens is 3. The van der Waals surface area contributed by atoms with E-state index in [0.717, 1.165) is 56.3 Å². The summed E-state index contributed by atoms with van der Waals surface area (Å²) < 4.78 is 0. The third-order valence-electron chi connectivity index (χ3n) is 6.38. The van der Waals surface area contributed by atoms with Crippen LogP contribution in [0.25, 0.3) is 47.0 Å². The minimum absolute atomic E-state index is 0.737. The quantitative estimate of drug-likeness (QED) is 0.330. The first-order chi connectivity index (χ1) is 17.7. The Morgan fingerprint density at radius 1 is 0.639 bits per heavy atom.